The zero-order valence-electron chi connectivity index (χ0n) is 19.2. The Hall–Kier alpha value is -3.90. The van der Waals surface area contributed by atoms with Crippen molar-refractivity contribution < 1.29 is 9.64 Å². The Morgan fingerprint density at radius 2 is 1.56 bits per heavy atom. The van der Waals surface area contributed by atoms with Crippen LogP contribution in [-0.2, 0) is 0 Å². The van der Waals surface area contributed by atoms with Gasteiger partial charge in [-0.1, -0.05) is 60.7 Å². The molecule has 0 bridgehead atoms. The van der Waals surface area contributed by atoms with E-state index in [1.807, 2.05) is 12.1 Å². The molecular weight excluding hydrogens is 422 g/mol. The van der Waals surface area contributed by atoms with Gasteiger partial charge in [0.05, 0.1) is 38.8 Å². The minimum Gasteiger partial charge on any atom is -0.497 e. The number of methoxy groups -OCH3 is 1. The molecule has 0 spiro atoms. The maximum Gasteiger partial charge on any atom is 0.156 e. The molecule has 0 saturated carbocycles. The van der Waals surface area contributed by atoms with Gasteiger partial charge in [0.1, 0.15) is 29.2 Å². The Kier molecular flexibility index (Phi) is 5.35. The molecule has 3 aromatic carbocycles. The van der Waals surface area contributed by atoms with Gasteiger partial charge < -0.3 is 19.5 Å². The number of hydrogen-bond donors (Lipinski definition) is 2. The number of piperazine rings is 1. The van der Waals surface area contributed by atoms with Crippen LogP contribution < -0.4 is 14.5 Å². The third-order valence-corrected chi connectivity index (χ3v) is 6.95. The summed E-state index contributed by atoms with van der Waals surface area (Å²) in [4.78, 5) is 16.8. The third kappa shape index (κ3) is 3.66. The van der Waals surface area contributed by atoms with E-state index in [1.54, 1.807) is 18.3 Å². The summed E-state index contributed by atoms with van der Waals surface area (Å²) in [5.74, 6) is 1.81. The fraction of sp³-hybridized carbons (Fsp3) is 0.214. The number of ether oxygens (including phenoxy) is 1. The lowest BCUT2D eigenvalue weighted by molar-refractivity contribution is -0.926. The zero-order chi connectivity index (χ0) is 22.9. The number of nitrogens with one attached hydrogen (secondary N) is 2. The van der Waals surface area contributed by atoms with Gasteiger partial charge in [-0.15, -0.1) is 0 Å². The quantitative estimate of drug-likeness (QED) is 0.430. The first-order chi connectivity index (χ1) is 16.8. The van der Waals surface area contributed by atoms with Gasteiger partial charge in [-0.05, 0) is 12.1 Å². The minimum atomic E-state index is 0.329. The minimum absolute atomic E-state index is 0.329. The highest BCUT2D eigenvalue weighted by Gasteiger charge is 2.31. The molecule has 3 heterocycles. The van der Waals surface area contributed by atoms with Crippen LogP contribution in [0.3, 0.4) is 0 Å². The summed E-state index contributed by atoms with van der Waals surface area (Å²) in [7, 11) is 1.69. The molecule has 6 rings (SSSR count). The van der Waals surface area contributed by atoms with E-state index in [2.05, 4.69) is 81.6 Å². The molecule has 34 heavy (non-hydrogen) atoms. The Labute approximate surface area is 198 Å². The van der Waals surface area contributed by atoms with Crippen molar-refractivity contribution >= 4 is 27.8 Å². The molecule has 6 heteroatoms. The van der Waals surface area contributed by atoms with Crippen molar-refractivity contribution in [3.8, 4) is 5.75 Å². The van der Waals surface area contributed by atoms with E-state index in [1.165, 1.54) is 11.1 Å². The van der Waals surface area contributed by atoms with Crippen LogP contribution in [0.1, 0.15) is 17.2 Å². The molecule has 170 valence electrons. The van der Waals surface area contributed by atoms with Crippen molar-refractivity contribution in [2.24, 2.45) is 0 Å². The van der Waals surface area contributed by atoms with Crippen LogP contribution in [0.25, 0.3) is 21.9 Å². The van der Waals surface area contributed by atoms with Gasteiger partial charge in [0.15, 0.2) is 5.82 Å². The van der Waals surface area contributed by atoms with Gasteiger partial charge >= 0.3 is 0 Å². The lowest BCUT2D eigenvalue weighted by Crippen LogP contribution is -3.15. The summed E-state index contributed by atoms with van der Waals surface area (Å²) < 4.78 is 5.40. The summed E-state index contributed by atoms with van der Waals surface area (Å²) in [6.07, 6.45) is 1.69. The Balaban J connectivity index is 1.29. The maximum atomic E-state index is 5.40. The second kappa shape index (κ2) is 8.80. The van der Waals surface area contributed by atoms with Gasteiger partial charge in [-0.25, -0.2) is 9.97 Å². The standard InChI is InChI=1S/C28H27N5O/c1-34-22-12-13-23-24(18-22)31-26-25(23)29-19-30-28(26)33-16-14-32(15-17-33)27(20-8-4-2-5-9-20)21-10-6-3-7-11-21/h2-13,18-19,27,31H,14-17H2,1H3/p+1. The first-order valence-corrected chi connectivity index (χ1v) is 11.8. The highest BCUT2D eigenvalue weighted by Crippen LogP contribution is 2.31. The molecule has 0 unspecified atom stereocenters. The van der Waals surface area contributed by atoms with Gasteiger partial charge in [-0.3, -0.25) is 0 Å². The zero-order valence-corrected chi connectivity index (χ0v) is 19.2. The summed E-state index contributed by atoms with van der Waals surface area (Å²) in [6.45, 7) is 3.95. The molecule has 0 amide bonds. The van der Waals surface area contributed by atoms with Gasteiger partial charge in [-0.2, -0.15) is 0 Å². The van der Waals surface area contributed by atoms with Crippen molar-refractivity contribution in [3.05, 3.63) is 96.3 Å². The van der Waals surface area contributed by atoms with Crippen molar-refractivity contribution in [1.29, 1.82) is 0 Å². The second-order valence-corrected chi connectivity index (χ2v) is 8.86. The van der Waals surface area contributed by atoms with Gasteiger partial charge in [0.25, 0.3) is 0 Å². The van der Waals surface area contributed by atoms with Crippen molar-refractivity contribution in [2.75, 3.05) is 38.2 Å². The molecule has 5 aromatic rings. The average Bonchev–Trinajstić information content (AvgIpc) is 3.28. The predicted octanol–water partition coefficient (Wildman–Crippen LogP) is 3.61. The number of aromatic nitrogens is 3. The fourth-order valence-electron chi connectivity index (χ4n) is 5.28. The van der Waals surface area contributed by atoms with E-state index in [9.17, 15) is 0 Å². The number of anilines is 1. The Morgan fingerprint density at radius 3 is 2.21 bits per heavy atom. The van der Waals surface area contributed by atoms with E-state index in [-0.39, 0.29) is 0 Å². The number of quaternary nitrogens is 1. The molecule has 2 N–H and O–H groups in total. The fourth-order valence-corrected chi connectivity index (χ4v) is 5.28. The van der Waals surface area contributed by atoms with Crippen LogP contribution in [0, 0.1) is 0 Å². The van der Waals surface area contributed by atoms with Gasteiger partial charge in [0, 0.05) is 22.6 Å². The van der Waals surface area contributed by atoms with Crippen molar-refractivity contribution in [2.45, 2.75) is 6.04 Å². The number of nitrogens with zero attached hydrogens (tertiary/aromatic N) is 3. The van der Waals surface area contributed by atoms with Crippen molar-refractivity contribution in [1.82, 2.24) is 15.0 Å². The van der Waals surface area contributed by atoms with Crippen LogP contribution >= 0.6 is 0 Å². The number of rotatable bonds is 5. The van der Waals surface area contributed by atoms with Crippen LogP contribution in [0.15, 0.2) is 85.2 Å². The van der Waals surface area contributed by atoms with Crippen LogP contribution in [0.2, 0.25) is 0 Å². The summed E-state index contributed by atoms with van der Waals surface area (Å²) >= 11 is 0. The van der Waals surface area contributed by atoms with E-state index >= 15 is 0 Å². The van der Waals surface area contributed by atoms with E-state index in [4.69, 9.17) is 9.72 Å². The molecule has 0 atom stereocenters. The normalized spacial score (nSPS) is 14.8. The SMILES string of the molecule is COc1ccc2c(c1)[nH]c1c(N3CC[NH+](C(c4ccccc4)c4ccccc4)CC3)ncnc12. The van der Waals surface area contributed by atoms with Crippen LogP contribution in [0.5, 0.6) is 5.75 Å². The average molecular weight is 451 g/mol. The molecule has 1 fully saturated rings. The Morgan fingerprint density at radius 1 is 0.882 bits per heavy atom. The van der Waals surface area contributed by atoms with Crippen LogP contribution in [0.4, 0.5) is 5.82 Å². The van der Waals surface area contributed by atoms with Gasteiger partial charge in [0.2, 0.25) is 0 Å². The smallest absolute Gasteiger partial charge is 0.156 e. The lowest BCUT2D eigenvalue weighted by atomic mass is 9.96. The molecule has 2 aromatic heterocycles. The monoisotopic (exact) mass is 450 g/mol. The van der Waals surface area contributed by atoms with E-state index in [0.29, 0.717) is 6.04 Å². The molecule has 1 aliphatic heterocycles. The summed E-state index contributed by atoms with van der Waals surface area (Å²) in [6, 6.07) is 28.2. The molecule has 1 aliphatic rings. The largest absolute Gasteiger partial charge is 0.497 e. The maximum absolute atomic E-state index is 5.40. The summed E-state index contributed by atoms with van der Waals surface area (Å²) in [5.41, 5.74) is 5.71. The summed E-state index contributed by atoms with van der Waals surface area (Å²) in [5, 5.41) is 1.09. The number of H-pyrrole nitrogens is 1. The molecule has 0 aliphatic carbocycles. The highest BCUT2D eigenvalue weighted by molar-refractivity contribution is 6.08. The van der Waals surface area contributed by atoms with Crippen molar-refractivity contribution in [3.63, 3.8) is 0 Å². The topological polar surface area (TPSA) is 58.5 Å². The molecule has 6 nitrogen and oxygen atoms in total. The molecule has 1 saturated heterocycles. The second-order valence-electron chi connectivity index (χ2n) is 8.86. The number of benzene rings is 3. The van der Waals surface area contributed by atoms with E-state index in [0.717, 1.165) is 59.7 Å². The predicted molar refractivity (Wildman–Crippen MR) is 136 cm³/mol. The number of hydrogen-bond acceptors (Lipinski definition) is 4. The molecule has 0 radical (unpaired) electrons. The number of aromatic amines is 1. The highest BCUT2D eigenvalue weighted by atomic mass is 16.5. The lowest BCUT2D eigenvalue weighted by Gasteiger charge is -2.37. The first-order valence-electron chi connectivity index (χ1n) is 11.8. The number of fused-ring (bicyclic) bond motifs is 3. The molecular formula is C28H28N5O+. The van der Waals surface area contributed by atoms with Crippen LogP contribution in [-0.4, -0.2) is 48.2 Å². The van der Waals surface area contributed by atoms with E-state index < -0.39 is 0 Å². The first kappa shape index (κ1) is 20.7. The third-order valence-electron chi connectivity index (χ3n) is 6.95. The Bertz CT molecular complexity index is 1370.